The summed E-state index contributed by atoms with van der Waals surface area (Å²) in [4.78, 5) is 33.5. The predicted molar refractivity (Wildman–Crippen MR) is 69.6 cm³/mol. The van der Waals surface area contributed by atoms with Gasteiger partial charge < -0.3 is 20.8 Å². The zero-order valence-electron chi connectivity index (χ0n) is 10.2. The molecular weight excluding hydrogens is 272 g/mol. The van der Waals surface area contributed by atoms with Crippen molar-refractivity contribution in [1.29, 1.82) is 0 Å². The fraction of sp³-hybridized carbons (Fsp3) is 0.364. The molecule has 0 aliphatic heterocycles. The van der Waals surface area contributed by atoms with E-state index in [-0.39, 0.29) is 12.8 Å². The monoisotopic (exact) mass is 286 g/mol. The summed E-state index contributed by atoms with van der Waals surface area (Å²) >= 11 is 1.18. The maximum absolute atomic E-state index is 11.8. The molecule has 1 heterocycles. The molecular formula is C11H14N2O5S. The Kier molecular flexibility index (Phi) is 5.31. The number of hydrogen-bond donors (Lipinski definition) is 4. The molecule has 0 spiro atoms. The molecule has 0 aliphatic rings. The van der Waals surface area contributed by atoms with Crippen molar-refractivity contribution >= 4 is 34.9 Å². The highest BCUT2D eigenvalue weighted by Crippen LogP contribution is 2.18. The summed E-state index contributed by atoms with van der Waals surface area (Å²) in [6.45, 7) is 0. The highest BCUT2D eigenvalue weighted by molar-refractivity contribution is 7.12. The van der Waals surface area contributed by atoms with Crippen molar-refractivity contribution in [3.63, 3.8) is 0 Å². The molecule has 1 amide bonds. The van der Waals surface area contributed by atoms with Gasteiger partial charge in [-0.1, -0.05) is 0 Å². The Morgan fingerprint density at radius 1 is 1.37 bits per heavy atom. The highest BCUT2D eigenvalue weighted by atomic mass is 32.1. The molecule has 0 radical (unpaired) electrons. The molecule has 1 aromatic heterocycles. The van der Waals surface area contributed by atoms with Crippen LogP contribution in [0.4, 0.5) is 5.69 Å². The SMILES string of the molecule is CNc1csc(C(=O)NC(CCC(=O)O)C(=O)O)c1. The summed E-state index contributed by atoms with van der Waals surface area (Å²) < 4.78 is 0. The molecule has 1 unspecified atom stereocenters. The number of carbonyl (C=O) groups excluding carboxylic acids is 1. The first-order valence-corrected chi connectivity index (χ1v) is 6.33. The Bertz CT molecular complexity index is 485. The lowest BCUT2D eigenvalue weighted by molar-refractivity contribution is -0.140. The normalized spacial score (nSPS) is 11.6. The number of carbonyl (C=O) groups is 3. The Labute approximate surface area is 113 Å². The van der Waals surface area contributed by atoms with Crippen molar-refractivity contribution in [2.24, 2.45) is 0 Å². The molecule has 0 saturated carbocycles. The van der Waals surface area contributed by atoms with Gasteiger partial charge in [-0.15, -0.1) is 11.3 Å². The van der Waals surface area contributed by atoms with Gasteiger partial charge in [-0.2, -0.15) is 0 Å². The number of carboxylic acids is 2. The van der Waals surface area contributed by atoms with E-state index in [4.69, 9.17) is 10.2 Å². The number of aliphatic carboxylic acids is 2. The van der Waals surface area contributed by atoms with E-state index in [1.54, 1.807) is 18.5 Å². The molecule has 7 nitrogen and oxygen atoms in total. The first-order chi connectivity index (χ1) is 8.93. The van der Waals surface area contributed by atoms with Gasteiger partial charge in [-0.05, 0) is 12.5 Å². The van der Waals surface area contributed by atoms with Gasteiger partial charge in [-0.3, -0.25) is 9.59 Å². The standard InChI is InChI=1S/C11H14N2O5S/c1-12-6-4-8(19-5-6)10(16)13-7(11(17)18)2-3-9(14)15/h4-5,7,12H,2-3H2,1H3,(H,13,16)(H,14,15)(H,17,18). The molecule has 4 N–H and O–H groups in total. The van der Waals surface area contributed by atoms with E-state index in [0.29, 0.717) is 4.88 Å². The molecule has 0 bridgehead atoms. The Hall–Kier alpha value is -2.09. The number of carboxylic acid groups (broad SMARTS) is 2. The van der Waals surface area contributed by atoms with Crippen LogP contribution in [0.1, 0.15) is 22.5 Å². The van der Waals surface area contributed by atoms with E-state index in [9.17, 15) is 14.4 Å². The molecule has 1 atom stereocenters. The number of anilines is 1. The van der Waals surface area contributed by atoms with Crippen LogP contribution in [-0.4, -0.2) is 41.1 Å². The van der Waals surface area contributed by atoms with Crippen molar-refractivity contribution in [1.82, 2.24) is 5.32 Å². The maximum Gasteiger partial charge on any atom is 0.326 e. The van der Waals surface area contributed by atoms with Crippen LogP contribution in [0.5, 0.6) is 0 Å². The van der Waals surface area contributed by atoms with E-state index in [0.717, 1.165) is 5.69 Å². The predicted octanol–water partition coefficient (Wildman–Crippen LogP) is 0.838. The highest BCUT2D eigenvalue weighted by Gasteiger charge is 2.22. The summed E-state index contributed by atoms with van der Waals surface area (Å²) in [7, 11) is 1.71. The smallest absolute Gasteiger partial charge is 0.326 e. The van der Waals surface area contributed by atoms with E-state index in [2.05, 4.69) is 10.6 Å². The van der Waals surface area contributed by atoms with Crippen molar-refractivity contribution in [3.8, 4) is 0 Å². The van der Waals surface area contributed by atoms with E-state index >= 15 is 0 Å². The zero-order valence-corrected chi connectivity index (χ0v) is 11.0. The van der Waals surface area contributed by atoms with Crippen molar-refractivity contribution in [2.75, 3.05) is 12.4 Å². The lowest BCUT2D eigenvalue weighted by atomic mass is 10.1. The molecule has 0 saturated heterocycles. The first-order valence-electron chi connectivity index (χ1n) is 5.45. The largest absolute Gasteiger partial charge is 0.481 e. The zero-order chi connectivity index (χ0) is 14.4. The van der Waals surface area contributed by atoms with Crippen molar-refractivity contribution < 1.29 is 24.6 Å². The number of rotatable bonds is 7. The second-order valence-electron chi connectivity index (χ2n) is 3.75. The van der Waals surface area contributed by atoms with Crippen LogP contribution in [0.25, 0.3) is 0 Å². The summed E-state index contributed by atoms with van der Waals surface area (Å²) in [5, 5.41) is 24.3. The second-order valence-corrected chi connectivity index (χ2v) is 4.66. The van der Waals surface area contributed by atoms with Crippen LogP contribution in [0, 0.1) is 0 Å². The first kappa shape index (κ1) is 15.0. The Balaban J connectivity index is 2.65. The Morgan fingerprint density at radius 2 is 2.05 bits per heavy atom. The van der Waals surface area contributed by atoms with Crippen LogP contribution in [0.2, 0.25) is 0 Å². The van der Waals surface area contributed by atoms with Gasteiger partial charge >= 0.3 is 11.9 Å². The number of thiophene rings is 1. The van der Waals surface area contributed by atoms with Crippen LogP contribution in [-0.2, 0) is 9.59 Å². The van der Waals surface area contributed by atoms with Gasteiger partial charge in [0.15, 0.2) is 0 Å². The third-order valence-corrected chi connectivity index (χ3v) is 3.29. The quantitative estimate of drug-likeness (QED) is 0.590. The van der Waals surface area contributed by atoms with E-state index < -0.39 is 23.9 Å². The maximum atomic E-state index is 11.8. The minimum atomic E-state index is -1.25. The van der Waals surface area contributed by atoms with E-state index in [1.165, 1.54) is 11.3 Å². The molecule has 1 aromatic rings. The fourth-order valence-electron chi connectivity index (χ4n) is 1.34. The van der Waals surface area contributed by atoms with Gasteiger partial charge in [0.1, 0.15) is 6.04 Å². The van der Waals surface area contributed by atoms with Gasteiger partial charge in [0.25, 0.3) is 5.91 Å². The van der Waals surface area contributed by atoms with Crippen LogP contribution in [0.15, 0.2) is 11.4 Å². The molecule has 0 aliphatic carbocycles. The van der Waals surface area contributed by atoms with Gasteiger partial charge in [0.05, 0.1) is 4.88 Å². The molecule has 8 heteroatoms. The average molecular weight is 286 g/mol. The third-order valence-electron chi connectivity index (χ3n) is 2.36. The van der Waals surface area contributed by atoms with Crippen molar-refractivity contribution in [2.45, 2.75) is 18.9 Å². The molecule has 0 aromatic carbocycles. The third kappa shape index (κ3) is 4.59. The molecule has 0 fully saturated rings. The topological polar surface area (TPSA) is 116 Å². The average Bonchev–Trinajstić information content (AvgIpc) is 2.82. The summed E-state index contributed by atoms with van der Waals surface area (Å²) in [5.74, 6) is -2.88. The van der Waals surface area contributed by atoms with Gasteiger partial charge in [0, 0.05) is 24.5 Å². The van der Waals surface area contributed by atoms with E-state index in [1.807, 2.05) is 0 Å². The van der Waals surface area contributed by atoms with Crippen LogP contribution < -0.4 is 10.6 Å². The summed E-state index contributed by atoms with van der Waals surface area (Å²) in [6.07, 6.45) is -0.468. The number of amides is 1. The second kappa shape index (κ2) is 6.74. The molecule has 1 rings (SSSR count). The van der Waals surface area contributed by atoms with Crippen LogP contribution >= 0.6 is 11.3 Å². The fourth-order valence-corrected chi connectivity index (χ4v) is 2.14. The lowest BCUT2D eigenvalue weighted by Gasteiger charge is -2.12. The summed E-state index contributed by atoms with van der Waals surface area (Å²) in [5.41, 5.74) is 0.757. The van der Waals surface area contributed by atoms with Crippen LogP contribution in [0.3, 0.4) is 0 Å². The lowest BCUT2D eigenvalue weighted by Crippen LogP contribution is -2.40. The van der Waals surface area contributed by atoms with Gasteiger partial charge in [-0.25, -0.2) is 4.79 Å². The van der Waals surface area contributed by atoms with Gasteiger partial charge in [0.2, 0.25) is 0 Å². The van der Waals surface area contributed by atoms with Crippen molar-refractivity contribution in [3.05, 3.63) is 16.3 Å². The minimum Gasteiger partial charge on any atom is -0.481 e. The Morgan fingerprint density at radius 3 is 2.53 bits per heavy atom. The molecule has 104 valence electrons. The molecule has 19 heavy (non-hydrogen) atoms. The number of hydrogen-bond acceptors (Lipinski definition) is 5. The minimum absolute atomic E-state index is 0.152. The number of nitrogens with one attached hydrogen (secondary N) is 2. The summed E-state index contributed by atoms with van der Waals surface area (Å²) in [6, 6.07) is 0.388.